The summed E-state index contributed by atoms with van der Waals surface area (Å²) in [5, 5.41) is 10.0. The van der Waals surface area contributed by atoms with Crippen molar-refractivity contribution in [3.8, 4) is 0 Å². The van der Waals surface area contributed by atoms with Crippen LogP contribution in [0.3, 0.4) is 0 Å². The lowest BCUT2D eigenvalue weighted by Crippen LogP contribution is -2.25. The van der Waals surface area contributed by atoms with Crippen LogP contribution in [0.15, 0.2) is 23.3 Å². The van der Waals surface area contributed by atoms with Crippen molar-refractivity contribution in [1.82, 2.24) is 5.43 Å². The monoisotopic (exact) mass is 284 g/mol. The minimum atomic E-state index is -4.76. The fourth-order valence-corrected chi connectivity index (χ4v) is 1.04. The largest absolute Gasteiger partial charge is 0.419 e. The predicted octanol–water partition coefficient (Wildman–Crippen LogP) is 2.08. The van der Waals surface area contributed by atoms with Crippen LogP contribution in [0.25, 0.3) is 0 Å². The van der Waals surface area contributed by atoms with Crippen molar-refractivity contribution in [2.45, 2.75) is 6.18 Å². The van der Waals surface area contributed by atoms with Crippen molar-refractivity contribution in [2.75, 3.05) is 0 Å². The first-order valence-corrected chi connectivity index (χ1v) is 4.31. The Labute approximate surface area is 106 Å². The summed E-state index contributed by atoms with van der Waals surface area (Å²) in [5.41, 5.74) is 5.12. The standard InChI is InChI=1S/C9H8F4N4.ClH/c10-7-5(4-16-17-8(14)15)2-1-3-6(7)9(11,12)13;/h1-4H,(H4,14,15,17);1H/b16-4+;. The van der Waals surface area contributed by atoms with E-state index in [9.17, 15) is 17.6 Å². The molecule has 0 saturated heterocycles. The van der Waals surface area contributed by atoms with Gasteiger partial charge in [0.2, 0.25) is 5.96 Å². The van der Waals surface area contributed by atoms with E-state index in [1.807, 2.05) is 5.43 Å². The van der Waals surface area contributed by atoms with Gasteiger partial charge in [0.05, 0.1) is 11.8 Å². The van der Waals surface area contributed by atoms with Crippen LogP contribution < -0.4 is 11.2 Å². The van der Waals surface area contributed by atoms with E-state index in [0.29, 0.717) is 6.07 Å². The summed E-state index contributed by atoms with van der Waals surface area (Å²) in [6, 6.07) is 2.81. The van der Waals surface area contributed by atoms with Gasteiger partial charge in [0, 0.05) is 5.56 Å². The Hall–Kier alpha value is -1.83. The number of guanidine groups is 1. The number of benzene rings is 1. The van der Waals surface area contributed by atoms with Gasteiger partial charge >= 0.3 is 6.18 Å². The van der Waals surface area contributed by atoms with Crippen LogP contribution in [0.5, 0.6) is 0 Å². The number of rotatable bonds is 2. The third-order valence-electron chi connectivity index (χ3n) is 1.72. The third-order valence-corrected chi connectivity index (χ3v) is 1.72. The molecule has 0 radical (unpaired) electrons. The Balaban J connectivity index is 0.00000289. The van der Waals surface area contributed by atoms with Crippen LogP contribution in [0.4, 0.5) is 17.6 Å². The third kappa shape index (κ3) is 4.21. The summed E-state index contributed by atoms with van der Waals surface area (Å²) in [4.78, 5) is 0. The molecule has 0 bridgehead atoms. The van der Waals surface area contributed by atoms with Gasteiger partial charge in [-0.1, -0.05) is 12.1 Å². The van der Waals surface area contributed by atoms with Gasteiger partial charge in [0.25, 0.3) is 0 Å². The van der Waals surface area contributed by atoms with E-state index in [-0.39, 0.29) is 18.0 Å². The van der Waals surface area contributed by atoms with E-state index in [1.54, 1.807) is 0 Å². The normalized spacial score (nSPS) is 11.1. The molecule has 0 heterocycles. The van der Waals surface area contributed by atoms with Gasteiger partial charge in [-0.2, -0.15) is 18.3 Å². The molecule has 0 spiro atoms. The molecule has 0 aliphatic heterocycles. The highest BCUT2D eigenvalue weighted by Gasteiger charge is 2.34. The molecule has 18 heavy (non-hydrogen) atoms. The average Bonchev–Trinajstić information content (AvgIpc) is 2.18. The summed E-state index contributed by atoms with van der Waals surface area (Å²) in [6.07, 6.45) is -3.95. The average molecular weight is 285 g/mol. The second-order valence-corrected chi connectivity index (χ2v) is 2.99. The molecule has 0 aromatic heterocycles. The first-order chi connectivity index (χ1) is 7.82. The van der Waals surface area contributed by atoms with Crippen LogP contribution in [-0.4, -0.2) is 12.2 Å². The quantitative estimate of drug-likeness (QED) is 0.337. The number of nitrogens with one attached hydrogen (secondary N) is 2. The summed E-state index contributed by atoms with van der Waals surface area (Å²) < 4.78 is 50.3. The van der Waals surface area contributed by atoms with E-state index in [4.69, 9.17) is 11.1 Å². The predicted molar refractivity (Wildman–Crippen MR) is 61.3 cm³/mol. The van der Waals surface area contributed by atoms with Gasteiger partial charge in [0.1, 0.15) is 5.82 Å². The lowest BCUT2D eigenvalue weighted by atomic mass is 10.1. The van der Waals surface area contributed by atoms with Gasteiger partial charge in [-0.05, 0) is 6.07 Å². The van der Waals surface area contributed by atoms with E-state index in [0.717, 1.165) is 18.3 Å². The van der Waals surface area contributed by atoms with Crippen molar-refractivity contribution in [2.24, 2.45) is 10.8 Å². The zero-order valence-electron chi connectivity index (χ0n) is 8.75. The molecule has 0 fully saturated rings. The Morgan fingerprint density at radius 2 is 2.00 bits per heavy atom. The first-order valence-electron chi connectivity index (χ1n) is 4.31. The summed E-state index contributed by atoms with van der Waals surface area (Å²) in [5.74, 6) is -1.93. The van der Waals surface area contributed by atoms with Gasteiger partial charge in [-0.25, -0.2) is 9.82 Å². The van der Waals surface area contributed by atoms with Crippen LogP contribution in [-0.2, 0) is 6.18 Å². The van der Waals surface area contributed by atoms with Gasteiger partial charge in [0.15, 0.2) is 0 Å². The topological polar surface area (TPSA) is 74.3 Å². The van der Waals surface area contributed by atoms with E-state index in [1.165, 1.54) is 0 Å². The molecule has 4 nitrogen and oxygen atoms in total. The molecule has 1 aromatic rings. The number of halogens is 5. The number of nitrogens with zero attached hydrogens (tertiary/aromatic N) is 1. The zero-order valence-corrected chi connectivity index (χ0v) is 9.57. The van der Waals surface area contributed by atoms with Crippen LogP contribution in [0.2, 0.25) is 0 Å². The maximum atomic E-state index is 13.4. The molecular formula is C9H9ClF4N4. The highest BCUT2D eigenvalue weighted by Crippen LogP contribution is 2.31. The van der Waals surface area contributed by atoms with Crippen molar-refractivity contribution in [3.63, 3.8) is 0 Å². The fourth-order valence-electron chi connectivity index (χ4n) is 1.04. The zero-order chi connectivity index (χ0) is 13.1. The minimum absolute atomic E-state index is 0. The maximum Gasteiger partial charge on any atom is 0.419 e. The molecule has 1 rings (SSSR count). The highest BCUT2D eigenvalue weighted by atomic mass is 35.5. The minimum Gasteiger partial charge on any atom is -0.369 e. The molecule has 4 N–H and O–H groups in total. The Morgan fingerprint density at radius 1 is 1.39 bits per heavy atom. The first kappa shape index (κ1) is 16.2. The van der Waals surface area contributed by atoms with E-state index < -0.39 is 23.5 Å². The second-order valence-electron chi connectivity index (χ2n) is 2.99. The second kappa shape index (κ2) is 6.20. The van der Waals surface area contributed by atoms with Crippen LogP contribution >= 0.6 is 12.4 Å². The van der Waals surface area contributed by atoms with E-state index >= 15 is 0 Å². The van der Waals surface area contributed by atoms with Crippen molar-refractivity contribution >= 4 is 24.6 Å². The summed E-state index contributed by atoms with van der Waals surface area (Å²) >= 11 is 0. The lowest BCUT2D eigenvalue weighted by Gasteiger charge is -2.08. The molecule has 1 aromatic carbocycles. The molecule has 0 aliphatic carbocycles. The molecule has 0 aliphatic rings. The van der Waals surface area contributed by atoms with Crippen molar-refractivity contribution in [3.05, 3.63) is 35.1 Å². The van der Waals surface area contributed by atoms with Gasteiger partial charge < -0.3 is 5.73 Å². The SMILES string of the molecule is Cl.N=C(N)N/N=C/c1cccc(C(F)(F)F)c1F. The lowest BCUT2D eigenvalue weighted by molar-refractivity contribution is -0.140. The number of hydrogen-bond acceptors (Lipinski definition) is 2. The van der Waals surface area contributed by atoms with Gasteiger partial charge in [-0.15, -0.1) is 12.4 Å². The number of nitrogens with two attached hydrogens (primary N) is 1. The molecule has 9 heteroatoms. The Bertz CT molecular complexity index is 458. The maximum absolute atomic E-state index is 13.4. The molecule has 100 valence electrons. The summed E-state index contributed by atoms with van der Waals surface area (Å²) in [6.45, 7) is 0. The van der Waals surface area contributed by atoms with Crippen molar-refractivity contribution in [1.29, 1.82) is 5.41 Å². The van der Waals surface area contributed by atoms with Crippen molar-refractivity contribution < 1.29 is 17.6 Å². The van der Waals surface area contributed by atoms with Gasteiger partial charge in [-0.3, -0.25) is 5.41 Å². The molecule has 0 saturated carbocycles. The number of alkyl halides is 3. The molecule has 0 unspecified atom stereocenters. The summed E-state index contributed by atoms with van der Waals surface area (Å²) in [7, 11) is 0. The molecular weight excluding hydrogens is 276 g/mol. The molecule has 0 atom stereocenters. The smallest absolute Gasteiger partial charge is 0.369 e. The van der Waals surface area contributed by atoms with Crippen LogP contribution in [0, 0.1) is 11.2 Å². The van der Waals surface area contributed by atoms with E-state index in [2.05, 4.69) is 5.10 Å². The molecule has 0 amide bonds. The fraction of sp³-hybridized carbons (Fsp3) is 0.111. The number of hydrazone groups is 1. The Morgan fingerprint density at radius 3 is 2.50 bits per heavy atom. The highest BCUT2D eigenvalue weighted by molar-refractivity contribution is 5.85. The number of hydrogen-bond donors (Lipinski definition) is 3. The Kier molecular flexibility index (Phi) is 5.57. The van der Waals surface area contributed by atoms with Crippen LogP contribution in [0.1, 0.15) is 11.1 Å².